The molecular formula is C13H16ClF2NO. The summed E-state index contributed by atoms with van der Waals surface area (Å²) in [6.07, 6.45) is 1.52. The molecule has 0 aromatic heterocycles. The number of nitrogens with two attached hydrogens (primary N) is 1. The van der Waals surface area contributed by atoms with Gasteiger partial charge in [-0.25, -0.2) is 8.78 Å². The number of hydrogen-bond donors (Lipinski definition) is 1. The van der Waals surface area contributed by atoms with Gasteiger partial charge in [-0.3, -0.25) is 4.79 Å². The minimum Gasteiger partial charge on any atom is -0.330 e. The minimum absolute atomic E-state index is 0.0506. The minimum atomic E-state index is -1.17. The number of Topliss-reactive ketones (excluding diaryl/α,β-unsaturated/α-hetero) is 1. The van der Waals surface area contributed by atoms with Crippen LogP contribution in [0.1, 0.15) is 36.5 Å². The summed E-state index contributed by atoms with van der Waals surface area (Å²) in [5.74, 6) is -2.42. The summed E-state index contributed by atoms with van der Waals surface area (Å²) in [6.45, 7) is 2.51. The number of ketones is 1. The van der Waals surface area contributed by atoms with Crippen molar-refractivity contribution in [2.45, 2.75) is 26.2 Å². The standard InChI is InChI=1S/C13H16ClF2NO/c1-8(6-7-17)2-5-11(18)12-9(14)3-4-10(15)13(12)16/h3-4,8H,2,5-7,17H2,1H3. The zero-order valence-corrected chi connectivity index (χ0v) is 10.9. The Morgan fingerprint density at radius 3 is 2.67 bits per heavy atom. The third kappa shape index (κ3) is 3.75. The Hall–Kier alpha value is -1.00. The van der Waals surface area contributed by atoms with Crippen molar-refractivity contribution in [1.29, 1.82) is 0 Å². The Kier molecular flexibility index (Phi) is 5.69. The Morgan fingerprint density at radius 1 is 1.39 bits per heavy atom. The lowest BCUT2D eigenvalue weighted by Gasteiger charge is -2.10. The van der Waals surface area contributed by atoms with Crippen LogP contribution < -0.4 is 5.73 Å². The van der Waals surface area contributed by atoms with E-state index in [-0.39, 0.29) is 22.9 Å². The average molecular weight is 276 g/mol. The van der Waals surface area contributed by atoms with Crippen LogP contribution in [0, 0.1) is 17.6 Å². The lowest BCUT2D eigenvalue weighted by molar-refractivity contribution is 0.0969. The smallest absolute Gasteiger partial charge is 0.171 e. The van der Waals surface area contributed by atoms with Gasteiger partial charge in [0.1, 0.15) is 0 Å². The number of rotatable bonds is 6. The molecule has 0 heterocycles. The van der Waals surface area contributed by atoms with Crippen molar-refractivity contribution < 1.29 is 13.6 Å². The van der Waals surface area contributed by atoms with E-state index in [9.17, 15) is 13.6 Å². The van der Waals surface area contributed by atoms with E-state index < -0.39 is 17.4 Å². The Balaban J connectivity index is 2.76. The van der Waals surface area contributed by atoms with Gasteiger partial charge in [-0.1, -0.05) is 18.5 Å². The zero-order valence-electron chi connectivity index (χ0n) is 10.2. The van der Waals surface area contributed by atoms with Crippen molar-refractivity contribution in [3.8, 4) is 0 Å². The van der Waals surface area contributed by atoms with E-state index >= 15 is 0 Å². The third-order valence-electron chi connectivity index (χ3n) is 2.85. The fraction of sp³-hybridized carbons (Fsp3) is 0.462. The highest BCUT2D eigenvalue weighted by Gasteiger charge is 2.19. The molecule has 0 amide bonds. The molecule has 0 spiro atoms. The summed E-state index contributed by atoms with van der Waals surface area (Å²) < 4.78 is 26.5. The zero-order chi connectivity index (χ0) is 13.7. The predicted molar refractivity (Wildman–Crippen MR) is 67.8 cm³/mol. The van der Waals surface area contributed by atoms with E-state index in [2.05, 4.69) is 0 Å². The molecule has 0 fully saturated rings. The van der Waals surface area contributed by atoms with E-state index in [0.29, 0.717) is 13.0 Å². The van der Waals surface area contributed by atoms with Crippen molar-refractivity contribution in [2.75, 3.05) is 6.54 Å². The van der Waals surface area contributed by atoms with Gasteiger partial charge in [-0.2, -0.15) is 0 Å². The molecule has 18 heavy (non-hydrogen) atoms. The molecule has 0 aliphatic heterocycles. The molecule has 2 N–H and O–H groups in total. The molecule has 100 valence electrons. The second-order valence-corrected chi connectivity index (χ2v) is 4.77. The molecule has 1 aromatic rings. The molecule has 1 rings (SSSR count). The Labute approximate surface area is 110 Å². The van der Waals surface area contributed by atoms with Crippen LogP contribution in [0.2, 0.25) is 5.02 Å². The van der Waals surface area contributed by atoms with Crippen LogP contribution >= 0.6 is 11.6 Å². The van der Waals surface area contributed by atoms with Crippen LogP contribution in [-0.4, -0.2) is 12.3 Å². The largest absolute Gasteiger partial charge is 0.330 e. The molecule has 2 nitrogen and oxygen atoms in total. The monoisotopic (exact) mass is 275 g/mol. The summed E-state index contributed by atoms with van der Waals surface area (Å²) in [4.78, 5) is 11.8. The Bertz CT molecular complexity index is 437. The van der Waals surface area contributed by atoms with Crippen molar-refractivity contribution in [3.63, 3.8) is 0 Å². The second-order valence-electron chi connectivity index (χ2n) is 4.36. The molecular weight excluding hydrogens is 260 g/mol. The van der Waals surface area contributed by atoms with E-state index in [4.69, 9.17) is 17.3 Å². The van der Waals surface area contributed by atoms with Crippen molar-refractivity contribution in [2.24, 2.45) is 11.7 Å². The van der Waals surface area contributed by atoms with Gasteiger partial charge in [-0.05, 0) is 37.4 Å². The SMILES string of the molecule is CC(CCN)CCC(=O)c1c(Cl)ccc(F)c1F. The summed E-state index contributed by atoms with van der Waals surface area (Å²) in [7, 11) is 0. The normalized spacial score (nSPS) is 12.5. The van der Waals surface area contributed by atoms with Crippen molar-refractivity contribution >= 4 is 17.4 Å². The highest BCUT2D eigenvalue weighted by Crippen LogP contribution is 2.24. The van der Waals surface area contributed by atoms with Gasteiger partial charge in [-0.15, -0.1) is 0 Å². The van der Waals surface area contributed by atoms with Crippen LogP contribution in [-0.2, 0) is 0 Å². The number of hydrogen-bond acceptors (Lipinski definition) is 2. The van der Waals surface area contributed by atoms with Gasteiger partial charge in [0.05, 0.1) is 10.6 Å². The molecule has 0 saturated carbocycles. The quantitative estimate of drug-likeness (QED) is 0.637. The molecule has 1 aromatic carbocycles. The fourth-order valence-electron chi connectivity index (χ4n) is 1.71. The van der Waals surface area contributed by atoms with Gasteiger partial charge in [0.2, 0.25) is 0 Å². The molecule has 0 saturated heterocycles. The number of carbonyl (C=O) groups is 1. The lowest BCUT2D eigenvalue weighted by atomic mass is 9.97. The maximum Gasteiger partial charge on any atom is 0.171 e. The van der Waals surface area contributed by atoms with Crippen molar-refractivity contribution in [1.82, 2.24) is 0 Å². The molecule has 0 bridgehead atoms. The van der Waals surface area contributed by atoms with Gasteiger partial charge < -0.3 is 5.73 Å². The first kappa shape index (κ1) is 15.1. The molecule has 0 aliphatic carbocycles. The Morgan fingerprint density at radius 2 is 2.06 bits per heavy atom. The molecule has 0 radical (unpaired) electrons. The van der Waals surface area contributed by atoms with E-state index in [0.717, 1.165) is 12.5 Å². The molecule has 5 heteroatoms. The first-order valence-electron chi connectivity index (χ1n) is 5.84. The first-order valence-corrected chi connectivity index (χ1v) is 6.22. The first-order chi connectivity index (χ1) is 8.47. The third-order valence-corrected chi connectivity index (χ3v) is 3.16. The highest BCUT2D eigenvalue weighted by molar-refractivity contribution is 6.34. The number of halogens is 3. The van der Waals surface area contributed by atoms with E-state index in [1.54, 1.807) is 0 Å². The van der Waals surface area contributed by atoms with Crippen LogP contribution in [0.5, 0.6) is 0 Å². The number of carbonyl (C=O) groups excluding carboxylic acids is 1. The van der Waals surface area contributed by atoms with Gasteiger partial charge in [0, 0.05) is 6.42 Å². The van der Waals surface area contributed by atoms with Crippen molar-refractivity contribution in [3.05, 3.63) is 34.4 Å². The maximum absolute atomic E-state index is 13.5. The summed E-state index contributed by atoms with van der Waals surface area (Å²) >= 11 is 5.73. The fourth-order valence-corrected chi connectivity index (χ4v) is 1.97. The highest BCUT2D eigenvalue weighted by atomic mass is 35.5. The van der Waals surface area contributed by atoms with E-state index in [1.165, 1.54) is 6.07 Å². The summed E-state index contributed by atoms with van der Waals surface area (Å²) in [6, 6.07) is 2.10. The topological polar surface area (TPSA) is 43.1 Å². The molecule has 1 atom stereocenters. The van der Waals surface area contributed by atoms with Crippen LogP contribution in [0.4, 0.5) is 8.78 Å². The van der Waals surface area contributed by atoms with Crippen LogP contribution in [0.25, 0.3) is 0 Å². The molecule has 1 unspecified atom stereocenters. The average Bonchev–Trinajstić information content (AvgIpc) is 2.32. The van der Waals surface area contributed by atoms with Gasteiger partial charge in [0.25, 0.3) is 0 Å². The van der Waals surface area contributed by atoms with Crippen LogP contribution in [0.3, 0.4) is 0 Å². The van der Waals surface area contributed by atoms with Gasteiger partial charge >= 0.3 is 0 Å². The summed E-state index contributed by atoms with van der Waals surface area (Å²) in [5, 5.41) is -0.0506. The number of benzene rings is 1. The van der Waals surface area contributed by atoms with E-state index in [1.807, 2.05) is 6.92 Å². The maximum atomic E-state index is 13.5. The van der Waals surface area contributed by atoms with Gasteiger partial charge in [0.15, 0.2) is 17.4 Å². The summed E-state index contributed by atoms with van der Waals surface area (Å²) in [5.41, 5.74) is 5.05. The van der Waals surface area contributed by atoms with Crippen LogP contribution in [0.15, 0.2) is 12.1 Å². The lowest BCUT2D eigenvalue weighted by Crippen LogP contribution is -2.10. The molecule has 0 aliphatic rings. The second kappa shape index (κ2) is 6.81. The predicted octanol–water partition coefficient (Wildman–Crippen LogP) is 3.57.